The van der Waals surface area contributed by atoms with Crippen LogP contribution in [0.4, 0.5) is 24.5 Å². The second kappa shape index (κ2) is 9.35. The Kier molecular flexibility index (Phi) is 6.43. The number of nitrogens with one attached hydrogen (secondary N) is 1. The van der Waals surface area contributed by atoms with Crippen LogP contribution in [0.1, 0.15) is 29.3 Å². The first-order valence-electron chi connectivity index (χ1n) is 11.1. The van der Waals surface area contributed by atoms with E-state index in [0.717, 1.165) is 46.6 Å². The number of thioether (sulfide) groups is 1. The minimum Gasteiger partial charge on any atom is -0.378 e. The van der Waals surface area contributed by atoms with E-state index in [1.807, 2.05) is 4.90 Å². The molecule has 6 nitrogen and oxygen atoms in total. The highest BCUT2D eigenvalue weighted by atomic mass is 32.2. The van der Waals surface area contributed by atoms with Crippen molar-refractivity contribution in [3.63, 3.8) is 0 Å². The Morgan fingerprint density at radius 2 is 2.03 bits per heavy atom. The molecule has 1 N–H and O–H groups in total. The number of fused-ring (bicyclic) bond motifs is 3. The SMILES string of the molecule is C[C@@H](Sc1ncnc2sc3c(c12)CCC3)C(=O)Nc1cc(C(F)(F)F)ccc1N1CCOCC1. The van der Waals surface area contributed by atoms with E-state index in [0.29, 0.717) is 32.0 Å². The molecule has 180 valence electrons. The van der Waals surface area contributed by atoms with Gasteiger partial charge in [-0.15, -0.1) is 11.3 Å². The molecule has 3 heterocycles. The lowest BCUT2D eigenvalue weighted by Crippen LogP contribution is -2.37. The smallest absolute Gasteiger partial charge is 0.378 e. The molecule has 1 fully saturated rings. The summed E-state index contributed by atoms with van der Waals surface area (Å²) >= 11 is 2.98. The number of amides is 1. The quantitative estimate of drug-likeness (QED) is 0.380. The Hall–Kier alpha value is -2.37. The Morgan fingerprint density at radius 1 is 1.24 bits per heavy atom. The summed E-state index contributed by atoms with van der Waals surface area (Å²) in [7, 11) is 0. The number of alkyl halides is 3. The van der Waals surface area contributed by atoms with Gasteiger partial charge in [0.2, 0.25) is 5.91 Å². The van der Waals surface area contributed by atoms with Gasteiger partial charge in [-0.25, -0.2) is 9.97 Å². The first-order valence-corrected chi connectivity index (χ1v) is 12.8. The second-order valence-electron chi connectivity index (χ2n) is 8.29. The van der Waals surface area contributed by atoms with Crippen LogP contribution in [0, 0.1) is 0 Å². The number of carbonyl (C=O) groups is 1. The number of ether oxygens (including phenoxy) is 1. The van der Waals surface area contributed by atoms with Crippen LogP contribution in [0.3, 0.4) is 0 Å². The third-order valence-corrected chi connectivity index (χ3v) is 8.36. The van der Waals surface area contributed by atoms with Crippen molar-refractivity contribution in [3.8, 4) is 0 Å². The van der Waals surface area contributed by atoms with Crippen molar-refractivity contribution < 1.29 is 22.7 Å². The summed E-state index contributed by atoms with van der Waals surface area (Å²) < 4.78 is 45.5. The Morgan fingerprint density at radius 3 is 2.79 bits per heavy atom. The summed E-state index contributed by atoms with van der Waals surface area (Å²) in [6, 6.07) is 3.48. The maximum Gasteiger partial charge on any atom is 0.416 e. The van der Waals surface area contributed by atoms with E-state index in [9.17, 15) is 18.0 Å². The largest absolute Gasteiger partial charge is 0.416 e. The zero-order valence-electron chi connectivity index (χ0n) is 18.4. The van der Waals surface area contributed by atoms with E-state index in [1.54, 1.807) is 18.3 Å². The summed E-state index contributed by atoms with van der Waals surface area (Å²) in [4.78, 5) is 26.1. The molecule has 0 radical (unpaired) electrons. The maximum absolute atomic E-state index is 13.4. The number of rotatable bonds is 5. The minimum atomic E-state index is -4.50. The number of aryl methyl sites for hydroxylation is 2. The Bertz CT molecular complexity index is 1220. The maximum atomic E-state index is 13.4. The molecule has 2 aliphatic rings. The van der Waals surface area contributed by atoms with E-state index in [1.165, 1.54) is 34.6 Å². The lowest BCUT2D eigenvalue weighted by molar-refractivity contribution is -0.137. The van der Waals surface area contributed by atoms with Crippen molar-refractivity contribution in [2.45, 2.75) is 42.6 Å². The molecule has 1 saturated heterocycles. The third-order valence-electron chi connectivity index (χ3n) is 6.06. The normalized spacial score (nSPS) is 17.1. The number of carbonyl (C=O) groups excluding carboxylic acids is 1. The van der Waals surface area contributed by atoms with Gasteiger partial charge in [-0.3, -0.25) is 4.79 Å². The van der Waals surface area contributed by atoms with E-state index < -0.39 is 17.0 Å². The van der Waals surface area contributed by atoms with Crippen LogP contribution < -0.4 is 10.2 Å². The summed E-state index contributed by atoms with van der Waals surface area (Å²) in [6.45, 7) is 3.79. The number of morpholine rings is 1. The molecule has 1 aliphatic heterocycles. The van der Waals surface area contributed by atoms with Gasteiger partial charge in [0.15, 0.2) is 0 Å². The predicted molar refractivity (Wildman–Crippen MR) is 128 cm³/mol. The molecule has 11 heteroatoms. The highest BCUT2D eigenvalue weighted by molar-refractivity contribution is 8.00. The molecule has 1 amide bonds. The van der Waals surface area contributed by atoms with Gasteiger partial charge < -0.3 is 15.0 Å². The fraction of sp³-hybridized carbons (Fsp3) is 0.435. The minimum absolute atomic E-state index is 0.151. The predicted octanol–water partition coefficient (Wildman–Crippen LogP) is 5.15. The Balaban J connectivity index is 1.40. The highest BCUT2D eigenvalue weighted by Crippen LogP contribution is 2.41. The van der Waals surface area contributed by atoms with Crippen molar-refractivity contribution in [2.75, 3.05) is 36.5 Å². The number of nitrogens with zero attached hydrogens (tertiary/aromatic N) is 3. The van der Waals surface area contributed by atoms with E-state index in [4.69, 9.17) is 4.74 Å². The fourth-order valence-electron chi connectivity index (χ4n) is 4.34. The van der Waals surface area contributed by atoms with Crippen molar-refractivity contribution >= 4 is 50.6 Å². The molecule has 34 heavy (non-hydrogen) atoms. The lowest BCUT2D eigenvalue weighted by Gasteiger charge is -2.31. The molecular weight excluding hydrogens is 485 g/mol. The summed E-state index contributed by atoms with van der Waals surface area (Å²) in [5.74, 6) is -0.377. The molecule has 1 aliphatic carbocycles. The highest BCUT2D eigenvalue weighted by Gasteiger charge is 2.32. The van der Waals surface area contributed by atoms with E-state index in [2.05, 4.69) is 15.3 Å². The second-order valence-corrected chi connectivity index (χ2v) is 10.7. The van der Waals surface area contributed by atoms with Crippen LogP contribution in [-0.4, -0.2) is 47.4 Å². The standard InChI is InChI=1S/C23H23F3N4O2S2/c1-13(33-21-19-15-3-2-4-18(15)34-22(19)28-12-27-21)20(31)29-16-11-14(23(24,25)26)5-6-17(16)30-7-9-32-10-8-30/h5-6,11-13H,2-4,7-10H2,1H3,(H,29,31)/t13-/m1/s1. The lowest BCUT2D eigenvalue weighted by atomic mass is 10.1. The van der Waals surface area contributed by atoms with Gasteiger partial charge in [0.05, 0.1) is 35.4 Å². The number of hydrogen-bond acceptors (Lipinski definition) is 7. The first-order chi connectivity index (χ1) is 16.3. The molecule has 3 aromatic rings. The molecule has 0 spiro atoms. The van der Waals surface area contributed by atoms with Crippen molar-refractivity contribution in [1.82, 2.24) is 9.97 Å². The van der Waals surface area contributed by atoms with E-state index >= 15 is 0 Å². The van der Waals surface area contributed by atoms with Crippen LogP contribution >= 0.6 is 23.1 Å². The molecule has 1 aromatic carbocycles. The zero-order chi connectivity index (χ0) is 23.9. The van der Waals surface area contributed by atoms with Gasteiger partial charge in [-0.05, 0) is 49.9 Å². The summed E-state index contributed by atoms with van der Waals surface area (Å²) in [5.41, 5.74) is 1.18. The first kappa shape index (κ1) is 23.4. The fourth-order valence-corrected chi connectivity index (χ4v) is 6.58. The molecule has 0 bridgehead atoms. The van der Waals surface area contributed by atoms with Crippen molar-refractivity contribution in [3.05, 3.63) is 40.5 Å². The number of thiophene rings is 1. The zero-order valence-corrected chi connectivity index (χ0v) is 20.1. The van der Waals surface area contributed by atoms with Gasteiger partial charge in [-0.2, -0.15) is 13.2 Å². The number of aromatic nitrogens is 2. The van der Waals surface area contributed by atoms with Gasteiger partial charge in [0, 0.05) is 23.4 Å². The average molecular weight is 509 g/mol. The number of benzene rings is 1. The molecule has 0 unspecified atom stereocenters. The van der Waals surface area contributed by atoms with Crippen LogP contribution in [0.5, 0.6) is 0 Å². The number of anilines is 2. The molecule has 5 rings (SSSR count). The van der Waals surface area contributed by atoms with E-state index in [-0.39, 0.29) is 11.6 Å². The van der Waals surface area contributed by atoms with Crippen LogP contribution in [0.25, 0.3) is 10.2 Å². The topological polar surface area (TPSA) is 67.4 Å². The Labute approximate surface area is 202 Å². The van der Waals surface area contributed by atoms with Crippen LogP contribution in [-0.2, 0) is 28.5 Å². The molecule has 1 atom stereocenters. The van der Waals surface area contributed by atoms with Gasteiger partial charge in [-0.1, -0.05) is 11.8 Å². The van der Waals surface area contributed by atoms with Crippen LogP contribution in [0.15, 0.2) is 29.6 Å². The summed E-state index contributed by atoms with van der Waals surface area (Å²) in [6.07, 6.45) is 0.117. The van der Waals surface area contributed by atoms with Gasteiger partial charge in [0.25, 0.3) is 0 Å². The molecule has 0 saturated carbocycles. The average Bonchev–Trinajstić information content (AvgIpc) is 3.40. The molecular formula is C23H23F3N4O2S2. The van der Waals surface area contributed by atoms with Crippen molar-refractivity contribution in [1.29, 1.82) is 0 Å². The third kappa shape index (κ3) is 4.60. The molecule has 2 aromatic heterocycles. The summed E-state index contributed by atoms with van der Waals surface area (Å²) in [5, 5.41) is 3.94. The van der Waals surface area contributed by atoms with Crippen LogP contribution in [0.2, 0.25) is 0 Å². The van der Waals surface area contributed by atoms with Gasteiger partial charge >= 0.3 is 6.18 Å². The van der Waals surface area contributed by atoms with Crippen molar-refractivity contribution in [2.24, 2.45) is 0 Å². The monoisotopic (exact) mass is 508 g/mol. The van der Waals surface area contributed by atoms with Gasteiger partial charge in [0.1, 0.15) is 16.2 Å². The number of hydrogen-bond donors (Lipinski definition) is 1. The number of halogens is 3.